The van der Waals surface area contributed by atoms with Gasteiger partial charge in [0.05, 0.1) is 6.10 Å². The van der Waals surface area contributed by atoms with Crippen LogP contribution in [-0.4, -0.2) is 41.6 Å². The van der Waals surface area contributed by atoms with Gasteiger partial charge in [-0.25, -0.2) is 9.59 Å². The van der Waals surface area contributed by atoms with E-state index in [1.54, 1.807) is 12.2 Å². The highest BCUT2D eigenvalue weighted by Crippen LogP contribution is 2.67. The van der Waals surface area contributed by atoms with Gasteiger partial charge in [-0.2, -0.15) is 0 Å². The maximum absolute atomic E-state index is 13.4. The van der Waals surface area contributed by atoms with Crippen LogP contribution in [0.4, 0.5) is 0 Å². The summed E-state index contributed by atoms with van der Waals surface area (Å²) >= 11 is 0. The van der Waals surface area contributed by atoms with Gasteiger partial charge in [-0.1, -0.05) is 64.1 Å². The highest BCUT2D eigenvalue weighted by atomic mass is 16.6. The molecule has 0 unspecified atom stereocenters. The van der Waals surface area contributed by atoms with Crippen molar-refractivity contribution in [2.45, 2.75) is 72.0 Å². The Labute approximate surface area is 220 Å². The highest BCUT2D eigenvalue weighted by molar-refractivity contribution is 5.88. The molecule has 0 saturated heterocycles. The number of ketones is 1. The predicted molar refractivity (Wildman–Crippen MR) is 141 cm³/mol. The van der Waals surface area contributed by atoms with E-state index >= 15 is 0 Å². The standard InChI is InChI=1S/C31H40O6/c1-6-29(4)18-24(37-26(34)19-36-25(33)13-12-22-10-8-7-9-11-22)30(5)20(2)14-16-31(21(3)28(29)35)17-15-23(32)27(30)31/h6-13,20-21,24,27-28,35H,1,14-19H2,2-5H3/b13-12+/t20-,21+,24-,27+,28+,29-,30+,31+/m1/s1. The molecule has 37 heavy (non-hydrogen) atoms. The summed E-state index contributed by atoms with van der Waals surface area (Å²) in [5.74, 6) is -1.34. The van der Waals surface area contributed by atoms with Crippen molar-refractivity contribution in [3.05, 3.63) is 54.6 Å². The summed E-state index contributed by atoms with van der Waals surface area (Å²) in [6, 6.07) is 9.32. The first-order valence-corrected chi connectivity index (χ1v) is 13.4. The molecule has 0 spiro atoms. The summed E-state index contributed by atoms with van der Waals surface area (Å²) in [5.41, 5.74) is -0.794. The fourth-order valence-corrected chi connectivity index (χ4v) is 7.60. The quantitative estimate of drug-likeness (QED) is 0.325. The molecule has 0 aliphatic heterocycles. The first-order chi connectivity index (χ1) is 17.5. The molecule has 1 aromatic rings. The fraction of sp³-hybridized carbons (Fsp3) is 0.581. The molecule has 0 amide bonds. The molecule has 0 heterocycles. The smallest absolute Gasteiger partial charge is 0.344 e. The molecule has 3 saturated carbocycles. The molecule has 3 fully saturated rings. The van der Waals surface area contributed by atoms with Crippen LogP contribution >= 0.6 is 0 Å². The molecular formula is C31H40O6. The summed E-state index contributed by atoms with van der Waals surface area (Å²) in [6.45, 7) is 11.7. The minimum atomic E-state index is -0.724. The Hall–Kier alpha value is -2.73. The van der Waals surface area contributed by atoms with E-state index in [2.05, 4.69) is 27.4 Å². The summed E-state index contributed by atoms with van der Waals surface area (Å²) in [5, 5.41) is 11.6. The number of esters is 2. The van der Waals surface area contributed by atoms with Crippen LogP contribution in [0.3, 0.4) is 0 Å². The Kier molecular flexibility index (Phi) is 7.53. The molecule has 4 rings (SSSR count). The average Bonchev–Trinajstić information content (AvgIpc) is 3.25. The van der Waals surface area contributed by atoms with Gasteiger partial charge >= 0.3 is 11.9 Å². The summed E-state index contributed by atoms with van der Waals surface area (Å²) in [4.78, 5) is 38.7. The number of aliphatic hydroxyl groups excluding tert-OH is 1. The third kappa shape index (κ3) is 4.69. The number of carbonyl (C=O) groups is 3. The predicted octanol–water partition coefficient (Wildman–Crippen LogP) is 5.15. The van der Waals surface area contributed by atoms with E-state index in [1.807, 2.05) is 37.3 Å². The molecule has 2 bridgehead atoms. The van der Waals surface area contributed by atoms with Crippen LogP contribution in [0.2, 0.25) is 0 Å². The van der Waals surface area contributed by atoms with E-state index in [4.69, 9.17) is 9.47 Å². The zero-order valence-corrected chi connectivity index (χ0v) is 22.4. The van der Waals surface area contributed by atoms with Crippen LogP contribution in [0.5, 0.6) is 0 Å². The maximum atomic E-state index is 13.4. The second kappa shape index (κ2) is 10.2. The second-order valence-electron chi connectivity index (χ2n) is 11.9. The van der Waals surface area contributed by atoms with Crippen molar-refractivity contribution in [3.8, 4) is 0 Å². The normalized spacial score (nSPS) is 39.4. The molecule has 3 aliphatic rings. The van der Waals surface area contributed by atoms with E-state index in [1.165, 1.54) is 6.08 Å². The highest BCUT2D eigenvalue weighted by Gasteiger charge is 2.68. The molecule has 8 atom stereocenters. The lowest BCUT2D eigenvalue weighted by Gasteiger charge is -2.61. The minimum absolute atomic E-state index is 0.0900. The van der Waals surface area contributed by atoms with Crippen LogP contribution in [0, 0.1) is 34.0 Å². The fourth-order valence-electron chi connectivity index (χ4n) is 7.60. The number of carbonyl (C=O) groups excluding carboxylic acids is 3. The molecule has 0 radical (unpaired) electrons. The zero-order chi connectivity index (χ0) is 27.0. The summed E-state index contributed by atoms with van der Waals surface area (Å²) in [7, 11) is 0. The monoisotopic (exact) mass is 508 g/mol. The van der Waals surface area contributed by atoms with Gasteiger partial charge in [-0.15, -0.1) is 6.58 Å². The summed E-state index contributed by atoms with van der Waals surface area (Å²) < 4.78 is 11.3. The molecule has 1 aromatic carbocycles. The number of ether oxygens (including phenoxy) is 2. The molecule has 1 N–H and O–H groups in total. The van der Waals surface area contributed by atoms with Gasteiger partial charge < -0.3 is 14.6 Å². The molecule has 3 aliphatic carbocycles. The number of Topliss-reactive ketones (excluding diaryl/α,β-unsaturated/α-hetero) is 1. The average molecular weight is 509 g/mol. The number of rotatable bonds is 6. The van der Waals surface area contributed by atoms with Crippen LogP contribution in [0.25, 0.3) is 6.08 Å². The Morgan fingerprint density at radius 2 is 1.86 bits per heavy atom. The Balaban J connectivity index is 1.57. The van der Waals surface area contributed by atoms with Gasteiger partial charge in [-0.05, 0) is 54.6 Å². The van der Waals surface area contributed by atoms with Crippen molar-refractivity contribution < 1.29 is 29.0 Å². The minimum Gasteiger partial charge on any atom is -0.459 e. The topological polar surface area (TPSA) is 89.9 Å². The lowest BCUT2D eigenvalue weighted by atomic mass is 9.44. The Bertz CT molecular complexity index is 1080. The van der Waals surface area contributed by atoms with Crippen molar-refractivity contribution in [2.75, 3.05) is 6.61 Å². The van der Waals surface area contributed by atoms with Gasteiger partial charge in [-0.3, -0.25) is 4.79 Å². The van der Waals surface area contributed by atoms with E-state index < -0.39 is 41.6 Å². The van der Waals surface area contributed by atoms with Gasteiger partial charge in [0, 0.05) is 29.2 Å². The van der Waals surface area contributed by atoms with Crippen molar-refractivity contribution in [2.24, 2.45) is 34.0 Å². The first-order valence-electron chi connectivity index (χ1n) is 13.4. The molecule has 6 nitrogen and oxygen atoms in total. The lowest BCUT2D eigenvalue weighted by Crippen LogP contribution is -2.63. The zero-order valence-electron chi connectivity index (χ0n) is 22.4. The van der Waals surface area contributed by atoms with Crippen LogP contribution in [0.15, 0.2) is 49.1 Å². The summed E-state index contributed by atoms with van der Waals surface area (Å²) in [6.07, 6.45) is 6.66. The molecule has 6 heteroatoms. The van der Waals surface area contributed by atoms with E-state index in [0.29, 0.717) is 12.8 Å². The van der Waals surface area contributed by atoms with Gasteiger partial charge in [0.1, 0.15) is 11.9 Å². The van der Waals surface area contributed by atoms with Gasteiger partial charge in [0.15, 0.2) is 6.61 Å². The third-order valence-electron chi connectivity index (χ3n) is 10.1. The van der Waals surface area contributed by atoms with Crippen LogP contribution in [0.1, 0.15) is 65.4 Å². The molecule has 0 aromatic heterocycles. The largest absolute Gasteiger partial charge is 0.459 e. The Morgan fingerprint density at radius 3 is 2.54 bits per heavy atom. The van der Waals surface area contributed by atoms with Crippen molar-refractivity contribution in [3.63, 3.8) is 0 Å². The van der Waals surface area contributed by atoms with Crippen LogP contribution < -0.4 is 0 Å². The number of aliphatic hydroxyl groups is 1. The second-order valence-corrected chi connectivity index (χ2v) is 11.9. The SMILES string of the molecule is C=C[C@]1(C)C[C@@H](OC(=O)COC(=O)/C=C/c2ccccc2)[C@]2(C)[C@H](C)CC[C@]3(CCC(=O)[C@H]32)[C@@H](C)[C@@H]1O. The van der Waals surface area contributed by atoms with Crippen LogP contribution in [-0.2, 0) is 23.9 Å². The van der Waals surface area contributed by atoms with Gasteiger partial charge in [0.2, 0.25) is 0 Å². The van der Waals surface area contributed by atoms with Gasteiger partial charge in [0.25, 0.3) is 0 Å². The third-order valence-corrected chi connectivity index (χ3v) is 10.1. The Morgan fingerprint density at radius 1 is 1.16 bits per heavy atom. The van der Waals surface area contributed by atoms with E-state index in [0.717, 1.165) is 24.8 Å². The van der Waals surface area contributed by atoms with E-state index in [9.17, 15) is 19.5 Å². The van der Waals surface area contributed by atoms with Crippen molar-refractivity contribution in [1.29, 1.82) is 0 Å². The number of hydrogen-bond acceptors (Lipinski definition) is 6. The number of hydrogen-bond donors (Lipinski definition) is 1. The number of benzene rings is 1. The van der Waals surface area contributed by atoms with E-state index in [-0.39, 0.29) is 29.0 Å². The van der Waals surface area contributed by atoms with Crippen molar-refractivity contribution >= 4 is 23.8 Å². The maximum Gasteiger partial charge on any atom is 0.344 e. The molecular weight excluding hydrogens is 468 g/mol. The lowest BCUT2D eigenvalue weighted by molar-refractivity contribution is -0.208. The van der Waals surface area contributed by atoms with Crippen molar-refractivity contribution in [1.82, 2.24) is 0 Å². The molecule has 200 valence electrons. The first kappa shape index (κ1) is 27.3.